The van der Waals surface area contributed by atoms with Gasteiger partial charge in [-0.3, -0.25) is 0 Å². The molecule has 0 aromatic heterocycles. The van der Waals surface area contributed by atoms with Gasteiger partial charge in [-0.25, -0.2) is 0 Å². The second-order valence-corrected chi connectivity index (χ2v) is 4.20. The summed E-state index contributed by atoms with van der Waals surface area (Å²) in [5.41, 5.74) is 0. The molecule has 0 aliphatic heterocycles. The standard InChI is InChI=1S/C11H22O/c1-3-5-9-6-7-10(4-2)11(12)8-9/h9-12H,3-8H2,1-2H3/t9?,10-,11?/m1/s1. The van der Waals surface area contributed by atoms with Crippen LogP contribution in [0.5, 0.6) is 0 Å². The molecule has 0 spiro atoms. The second kappa shape index (κ2) is 4.86. The molecule has 0 aromatic carbocycles. The van der Waals surface area contributed by atoms with Gasteiger partial charge in [0.25, 0.3) is 0 Å². The minimum atomic E-state index is 0.000278. The van der Waals surface area contributed by atoms with Crippen LogP contribution in [0.25, 0.3) is 0 Å². The van der Waals surface area contributed by atoms with Crippen molar-refractivity contribution in [2.45, 2.75) is 58.5 Å². The zero-order valence-electron chi connectivity index (χ0n) is 8.42. The Hall–Kier alpha value is -0.0400. The van der Waals surface area contributed by atoms with Gasteiger partial charge in [-0.1, -0.05) is 33.1 Å². The average Bonchev–Trinajstić information content (AvgIpc) is 2.05. The Labute approximate surface area is 76.2 Å². The highest BCUT2D eigenvalue weighted by molar-refractivity contribution is 4.78. The van der Waals surface area contributed by atoms with E-state index in [1.807, 2.05) is 0 Å². The average molecular weight is 170 g/mol. The number of aliphatic hydroxyl groups excluding tert-OH is 1. The van der Waals surface area contributed by atoms with E-state index in [0.717, 1.165) is 18.8 Å². The van der Waals surface area contributed by atoms with Crippen LogP contribution >= 0.6 is 0 Å². The zero-order chi connectivity index (χ0) is 8.97. The molecular formula is C11H22O. The van der Waals surface area contributed by atoms with E-state index in [9.17, 15) is 5.11 Å². The third-order valence-electron chi connectivity index (χ3n) is 3.29. The highest BCUT2D eigenvalue weighted by Crippen LogP contribution is 2.33. The number of hydrogen-bond acceptors (Lipinski definition) is 1. The number of rotatable bonds is 3. The van der Waals surface area contributed by atoms with Crippen LogP contribution < -0.4 is 0 Å². The largest absolute Gasteiger partial charge is 0.393 e. The van der Waals surface area contributed by atoms with Gasteiger partial charge in [-0.2, -0.15) is 0 Å². The molecule has 0 radical (unpaired) electrons. The fourth-order valence-corrected chi connectivity index (χ4v) is 2.44. The zero-order valence-corrected chi connectivity index (χ0v) is 8.42. The Morgan fingerprint density at radius 3 is 2.50 bits per heavy atom. The van der Waals surface area contributed by atoms with Crippen molar-refractivity contribution >= 4 is 0 Å². The molecule has 72 valence electrons. The van der Waals surface area contributed by atoms with Crippen LogP contribution in [0.3, 0.4) is 0 Å². The summed E-state index contributed by atoms with van der Waals surface area (Å²) in [7, 11) is 0. The van der Waals surface area contributed by atoms with Crippen molar-refractivity contribution in [2.75, 3.05) is 0 Å². The van der Waals surface area contributed by atoms with Crippen molar-refractivity contribution in [2.24, 2.45) is 11.8 Å². The Morgan fingerprint density at radius 2 is 2.00 bits per heavy atom. The molecule has 1 fully saturated rings. The molecule has 1 aliphatic carbocycles. The number of hydrogen-bond donors (Lipinski definition) is 1. The molecule has 1 N–H and O–H groups in total. The van der Waals surface area contributed by atoms with Crippen LogP contribution in [0, 0.1) is 11.8 Å². The van der Waals surface area contributed by atoms with E-state index >= 15 is 0 Å². The first-order valence-corrected chi connectivity index (χ1v) is 5.46. The summed E-state index contributed by atoms with van der Waals surface area (Å²) in [6, 6.07) is 0. The van der Waals surface area contributed by atoms with Crippen molar-refractivity contribution in [3.8, 4) is 0 Å². The number of aliphatic hydroxyl groups is 1. The highest BCUT2D eigenvalue weighted by atomic mass is 16.3. The molecule has 1 rings (SSSR count). The molecule has 1 heteroatoms. The van der Waals surface area contributed by atoms with Crippen LogP contribution in [0.1, 0.15) is 52.4 Å². The molecule has 3 atom stereocenters. The lowest BCUT2D eigenvalue weighted by Crippen LogP contribution is -2.28. The molecule has 2 unspecified atom stereocenters. The van der Waals surface area contributed by atoms with Gasteiger partial charge in [-0.05, 0) is 31.1 Å². The summed E-state index contributed by atoms with van der Waals surface area (Å²) in [5.74, 6) is 1.41. The monoisotopic (exact) mass is 170 g/mol. The molecule has 0 aromatic rings. The van der Waals surface area contributed by atoms with Crippen LogP contribution in [0.15, 0.2) is 0 Å². The summed E-state index contributed by atoms with van der Waals surface area (Å²) in [6.45, 7) is 4.42. The van der Waals surface area contributed by atoms with Crippen molar-refractivity contribution in [3.05, 3.63) is 0 Å². The van der Waals surface area contributed by atoms with Crippen LogP contribution in [-0.2, 0) is 0 Å². The quantitative estimate of drug-likeness (QED) is 0.690. The Bertz CT molecular complexity index is 122. The van der Waals surface area contributed by atoms with Crippen molar-refractivity contribution in [3.63, 3.8) is 0 Å². The van der Waals surface area contributed by atoms with Gasteiger partial charge in [0.1, 0.15) is 0 Å². The first-order valence-electron chi connectivity index (χ1n) is 5.46. The predicted molar refractivity (Wildman–Crippen MR) is 52.0 cm³/mol. The first kappa shape index (κ1) is 10.0. The third-order valence-corrected chi connectivity index (χ3v) is 3.29. The van der Waals surface area contributed by atoms with Gasteiger partial charge in [0.2, 0.25) is 0 Å². The SMILES string of the molecule is CCCC1CC[C@@H](CC)C(O)C1. The van der Waals surface area contributed by atoms with Gasteiger partial charge < -0.3 is 5.11 Å². The lowest BCUT2D eigenvalue weighted by molar-refractivity contribution is 0.0408. The van der Waals surface area contributed by atoms with E-state index in [-0.39, 0.29) is 6.10 Å². The Morgan fingerprint density at radius 1 is 1.25 bits per heavy atom. The minimum Gasteiger partial charge on any atom is -0.393 e. The maximum absolute atomic E-state index is 9.77. The lowest BCUT2D eigenvalue weighted by atomic mass is 9.77. The summed E-state index contributed by atoms with van der Waals surface area (Å²) in [6.07, 6.45) is 7.40. The summed E-state index contributed by atoms with van der Waals surface area (Å²) < 4.78 is 0. The molecule has 0 amide bonds. The van der Waals surface area contributed by atoms with Crippen LogP contribution in [-0.4, -0.2) is 11.2 Å². The molecule has 0 saturated heterocycles. The van der Waals surface area contributed by atoms with E-state index < -0.39 is 0 Å². The van der Waals surface area contributed by atoms with Crippen LogP contribution in [0.4, 0.5) is 0 Å². The van der Waals surface area contributed by atoms with Gasteiger partial charge in [-0.15, -0.1) is 0 Å². The summed E-state index contributed by atoms with van der Waals surface area (Å²) in [4.78, 5) is 0. The smallest absolute Gasteiger partial charge is 0.0570 e. The maximum atomic E-state index is 9.77. The fraction of sp³-hybridized carbons (Fsp3) is 1.00. The molecular weight excluding hydrogens is 148 g/mol. The van der Waals surface area contributed by atoms with Gasteiger partial charge >= 0.3 is 0 Å². The third kappa shape index (κ3) is 2.48. The normalized spacial score (nSPS) is 36.8. The summed E-state index contributed by atoms with van der Waals surface area (Å²) >= 11 is 0. The van der Waals surface area contributed by atoms with E-state index in [1.54, 1.807) is 0 Å². The highest BCUT2D eigenvalue weighted by Gasteiger charge is 2.26. The van der Waals surface area contributed by atoms with E-state index in [4.69, 9.17) is 0 Å². The topological polar surface area (TPSA) is 20.2 Å². The van der Waals surface area contributed by atoms with Gasteiger partial charge in [0, 0.05) is 0 Å². The van der Waals surface area contributed by atoms with Crippen molar-refractivity contribution < 1.29 is 5.11 Å². The van der Waals surface area contributed by atoms with E-state index in [2.05, 4.69) is 13.8 Å². The lowest BCUT2D eigenvalue weighted by Gasteiger charge is -2.32. The molecule has 1 saturated carbocycles. The maximum Gasteiger partial charge on any atom is 0.0570 e. The Kier molecular flexibility index (Phi) is 4.07. The summed E-state index contributed by atoms with van der Waals surface area (Å²) in [5, 5.41) is 9.77. The van der Waals surface area contributed by atoms with Crippen LogP contribution in [0.2, 0.25) is 0 Å². The fourth-order valence-electron chi connectivity index (χ4n) is 2.44. The van der Waals surface area contributed by atoms with E-state index in [0.29, 0.717) is 5.92 Å². The predicted octanol–water partition coefficient (Wildman–Crippen LogP) is 2.97. The second-order valence-electron chi connectivity index (χ2n) is 4.20. The van der Waals surface area contributed by atoms with Gasteiger partial charge in [0.05, 0.1) is 6.10 Å². The minimum absolute atomic E-state index is 0.000278. The Balaban J connectivity index is 2.30. The molecule has 0 bridgehead atoms. The van der Waals surface area contributed by atoms with Gasteiger partial charge in [0.15, 0.2) is 0 Å². The van der Waals surface area contributed by atoms with E-state index in [1.165, 1.54) is 25.7 Å². The first-order chi connectivity index (χ1) is 5.77. The van der Waals surface area contributed by atoms with Crippen molar-refractivity contribution in [1.82, 2.24) is 0 Å². The molecule has 0 heterocycles. The van der Waals surface area contributed by atoms with Crippen molar-refractivity contribution in [1.29, 1.82) is 0 Å². The molecule has 1 aliphatic rings. The molecule has 1 nitrogen and oxygen atoms in total. The molecule has 12 heavy (non-hydrogen) atoms.